The first kappa shape index (κ1) is 15.9. The van der Waals surface area contributed by atoms with E-state index in [0.717, 1.165) is 0 Å². The molecule has 0 saturated carbocycles. The van der Waals surface area contributed by atoms with E-state index in [9.17, 15) is 9.59 Å². The predicted octanol–water partition coefficient (Wildman–Crippen LogP) is 0.979. The number of ether oxygens (including phenoxy) is 2. The van der Waals surface area contributed by atoms with Crippen LogP contribution in [0.4, 0.5) is 4.79 Å². The van der Waals surface area contributed by atoms with Crippen molar-refractivity contribution >= 4 is 12.1 Å². The zero-order valence-corrected chi connectivity index (χ0v) is 12.2. The molecule has 1 heterocycles. The first-order valence-corrected chi connectivity index (χ1v) is 6.27. The van der Waals surface area contributed by atoms with Crippen molar-refractivity contribution in [1.29, 1.82) is 0 Å². The van der Waals surface area contributed by atoms with Crippen molar-refractivity contribution in [3.05, 3.63) is 11.9 Å². The highest BCUT2D eigenvalue weighted by Crippen LogP contribution is 2.06. The Hall–Kier alpha value is -2.12. The molecule has 112 valence electrons. The van der Waals surface area contributed by atoms with Gasteiger partial charge in [-0.05, 0) is 27.2 Å². The molecule has 1 aromatic rings. The van der Waals surface area contributed by atoms with Crippen molar-refractivity contribution in [3.8, 4) is 0 Å². The minimum Gasteiger partial charge on any atom is -0.464 e. The molecule has 0 spiro atoms. The molecule has 0 unspecified atom stereocenters. The average Bonchev–Trinajstić information content (AvgIpc) is 2.80. The molecule has 0 aliphatic heterocycles. The maximum Gasteiger partial charge on any atom is 0.407 e. The summed E-state index contributed by atoms with van der Waals surface area (Å²) >= 11 is 0. The van der Waals surface area contributed by atoms with E-state index in [0.29, 0.717) is 19.5 Å². The summed E-state index contributed by atoms with van der Waals surface area (Å²) in [4.78, 5) is 22.5. The monoisotopic (exact) mass is 284 g/mol. The van der Waals surface area contributed by atoms with Gasteiger partial charge in [-0.2, -0.15) is 0 Å². The third-order valence-corrected chi connectivity index (χ3v) is 2.17. The molecule has 1 rings (SSSR count). The third-order valence-electron chi connectivity index (χ3n) is 2.17. The summed E-state index contributed by atoms with van der Waals surface area (Å²) in [5.74, 6) is -0.525. The van der Waals surface area contributed by atoms with Gasteiger partial charge in [0.15, 0.2) is 5.69 Å². The number of hydrogen-bond acceptors (Lipinski definition) is 6. The Morgan fingerprint density at radius 3 is 2.70 bits per heavy atom. The number of methoxy groups -OCH3 is 1. The van der Waals surface area contributed by atoms with Gasteiger partial charge in [0, 0.05) is 13.1 Å². The first-order valence-electron chi connectivity index (χ1n) is 6.27. The number of aryl methyl sites for hydroxylation is 1. The lowest BCUT2D eigenvalue weighted by Crippen LogP contribution is -2.33. The number of esters is 1. The second-order valence-corrected chi connectivity index (χ2v) is 5.14. The lowest BCUT2D eigenvalue weighted by atomic mass is 10.2. The van der Waals surface area contributed by atoms with Crippen molar-refractivity contribution in [2.24, 2.45) is 0 Å². The molecule has 1 aromatic heterocycles. The van der Waals surface area contributed by atoms with Crippen LogP contribution in [0.15, 0.2) is 6.20 Å². The molecule has 0 saturated heterocycles. The molecule has 1 amide bonds. The van der Waals surface area contributed by atoms with Crippen LogP contribution in [0.25, 0.3) is 0 Å². The van der Waals surface area contributed by atoms with Crippen LogP contribution in [0.3, 0.4) is 0 Å². The van der Waals surface area contributed by atoms with Crippen molar-refractivity contribution in [1.82, 2.24) is 20.3 Å². The molecule has 0 radical (unpaired) electrons. The lowest BCUT2D eigenvalue weighted by Gasteiger charge is -2.19. The number of amides is 1. The Balaban J connectivity index is 2.26. The Labute approximate surface area is 117 Å². The minimum atomic E-state index is -0.525. The van der Waals surface area contributed by atoms with Crippen LogP contribution in [0.5, 0.6) is 0 Å². The second-order valence-electron chi connectivity index (χ2n) is 5.14. The fraction of sp³-hybridized carbons (Fsp3) is 0.667. The van der Waals surface area contributed by atoms with Crippen LogP contribution in [0.1, 0.15) is 37.7 Å². The summed E-state index contributed by atoms with van der Waals surface area (Å²) in [6.07, 6.45) is 1.69. The molecule has 0 aliphatic rings. The van der Waals surface area contributed by atoms with Crippen molar-refractivity contribution in [3.63, 3.8) is 0 Å². The summed E-state index contributed by atoms with van der Waals surface area (Å²) in [5, 5.41) is 10.1. The van der Waals surface area contributed by atoms with Gasteiger partial charge >= 0.3 is 12.1 Å². The average molecular weight is 284 g/mol. The normalized spacial score (nSPS) is 11.0. The molecule has 8 nitrogen and oxygen atoms in total. The maximum atomic E-state index is 11.4. The third kappa shape index (κ3) is 5.68. The van der Waals surface area contributed by atoms with E-state index in [1.807, 2.05) is 0 Å². The number of carbonyl (C=O) groups is 2. The van der Waals surface area contributed by atoms with Crippen LogP contribution in [-0.4, -0.2) is 46.3 Å². The Bertz CT molecular complexity index is 464. The standard InChI is InChI=1S/C12H20N4O4/c1-12(2,3)20-11(18)13-6-5-7-16-8-9(14-15-16)10(17)19-4/h8H,5-7H2,1-4H3,(H,13,18). The van der Waals surface area contributed by atoms with Crippen LogP contribution < -0.4 is 5.32 Å². The number of nitrogens with one attached hydrogen (secondary N) is 1. The Morgan fingerprint density at radius 1 is 1.40 bits per heavy atom. The van der Waals surface area contributed by atoms with E-state index in [1.165, 1.54) is 18.0 Å². The second kappa shape index (κ2) is 6.88. The largest absolute Gasteiger partial charge is 0.464 e. The quantitative estimate of drug-likeness (QED) is 0.639. The molecule has 0 aromatic carbocycles. The van der Waals surface area contributed by atoms with Gasteiger partial charge in [0.2, 0.25) is 0 Å². The molecular formula is C12H20N4O4. The van der Waals surface area contributed by atoms with Crippen molar-refractivity contribution in [2.45, 2.75) is 39.3 Å². The van der Waals surface area contributed by atoms with Gasteiger partial charge in [-0.25, -0.2) is 9.59 Å². The van der Waals surface area contributed by atoms with E-state index in [2.05, 4.69) is 20.4 Å². The fourth-order valence-corrected chi connectivity index (χ4v) is 1.35. The summed E-state index contributed by atoms with van der Waals surface area (Å²) in [6, 6.07) is 0. The molecule has 0 bridgehead atoms. The number of aromatic nitrogens is 3. The van der Waals surface area contributed by atoms with E-state index >= 15 is 0 Å². The smallest absolute Gasteiger partial charge is 0.407 e. The SMILES string of the molecule is COC(=O)c1cn(CCCNC(=O)OC(C)(C)C)nn1. The highest BCUT2D eigenvalue weighted by molar-refractivity contribution is 5.86. The highest BCUT2D eigenvalue weighted by atomic mass is 16.6. The number of nitrogens with zero attached hydrogens (tertiary/aromatic N) is 3. The molecule has 1 N–H and O–H groups in total. The molecule has 0 atom stereocenters. The first-order chi connectivity index (χ1) is 9.31. The van der Waals surface area contributed by atoms with Crippen molar-refractivity contribution < 1.29 is 19.1 Å². The number of rotatable bonds is 5. The predicted molar refractivity (Wildman–Crippen MR) is 70.2 cm³/mol. The summed E-state index contributed by atoms with van der Waals surface area (Å²) < 4.78 is 11.1. The van der Waals surface area contributed by atoms with Gasteiger partial charge < -0.3 is 14.8 Å². The van der Waals surface area contributed by atoms with E-state index in [1.54, 1.807) is 20.8 Å². The van der Waals surface area contributed by atoms with Gasteiger partial charge in [0.1, 0.15) is 5.60 Å². The van der Waals surface area contributed by atoms with Crippen LogP contribution in [-0.2, 0) is 16.0 Å². The zero-order valence-electron chi connectivity index (χ0n) is 12.2. The fourth-order valence-electron chi connectivity index (χ4n) is 1.35. The van der Waals surface area contributed by atoms with E-state index in [4.69, 9.17) is 4.74 Å². The minimum absolute atomic E-state index is 0.160. The summed E-state index contributed by atoms with van der Waals surface area (Å²) in [7, 11) is 1.28. The van der Waals surface area contributed by atoms with Gasteiger partial charge in [0.25, 0.3) is 0 Å². The lowest BCUT2D eigenvalue weighted by molar-refractivity contribution is 0.0525. The van der Waals surface area contributed by atoms with Crippen LogP contribution in [0, 0.1) is 0 Å². The van der Waals surface area contributed by atoms with E-state index in [-0.39, 0.29) is 5.69 Å². The van der Waals surface area contributed by atoms with Gasteiger partial charge in [-0.1, -0.05) is 5.21 Å². The van der Waals surface area contributed by atoms with Crippen LogP contribution >= 0.6 is 0 Å². The van der Waals surface area contributed by atoms with Crippen molar-refractivity contribution in [2.75, 3.05) is 13.7 Å². The molecule has 8 heteroatoms. The van der Waals surface area contributed by atoms with Gasteiger partial charge in [-0.15, -0.1) is 5.10 Å². The summed E-state index contributed by atoms with van der Waals surface area (Å²) in [6.45, 7) is 6.38. The summed E-state index contributed by atoms with van der Waals surface area (Å²) in [5.41, 5.74) is -0.349. The maximum absolute atomic E-state index is 11.4. The number of carbonyl (C=O) groups excluding carboxylic acids is 2. The molecule has 0 aliphatic carbocycles. The topological polar surface area (TPSA) is 95.3 Å². The number of hydrogen-bond donors (Lipinski definition) is 1. The van der Waals surface area contributed by atoms with Crippen LogP contribution in [0.2, 0.25) is 0 Å². The molecule has 20 heavy (non-hydrogen) atoms. The zero-order chi connectivity index (χ0) is 15.2. The van der Waals surface area contributed by atoms with Gasteiger partial charge in [0.05, 0.1) is 13.3 Å². The molecule has 0 fully saturated rings. The highest BCUT2D eigenvalue weighted by Gasteiger charge is 2.15. The Morgan fingerprint density at radius 2 is 2.10 bits per heavy atom. The Kier molecular flexibility index (Phi) is 5.48. The number of alkyl carbamates (subject to hydrolysis) is 1. The molecular weight excluding hydrogens is 264 g/mol. The van der Waals surface area contributed by atoms with Gasteiger partial charge in [-0.3, -0.25) is 4.68 Å². The van der Waals surface area contributed by atoms with E-state index < -0.39 is 17.7 Å².